The van der Waals surface area contributed by atoms with E-state index in [1.54, 1.807) is 18.2 Å². The predicted octanol–water partition coefficient (Wildman–Crippen LogP) is 5.01. The van der Waals surface area contributed by atoms with Gasteiger partial charge in [-0.2, -0.15) is 0 Å². The summed E-state index contributed by atoms with van der Waals surface area (Å²) in [5.74, 6) is 0. The Morgan fingerprint density at radius 3 is 2.57 bits per heavy atom. The van der Waals surface area contributed by atoms with Crippen molar-refractivity contribution in [2.45, 2.75) is 0 Å². The van der Waals surface area contributed by atoms with E-state index in [1.807, 2.05) is 30.3 Å². The molecule has 0 aliphatic rings. The third-order valence-electron chi connectivity index (χ3n) is 3.08. The molecular weight excluding hydrogens is 307 g/mol. The van der Waals surface area contributed by atoms with Crippen LogP contribution in [0, 0.1) is 0 Å². The number of nitrogens with one attached hydrogen (secondary N) is 1. The molecule has 2 aromatic carbocycles. The van der Waals surface area contributed by atoms with Gasteiger partial charge < -0.3 is 5.32 Å². The number of aromatic nitrogens is 1. The fraction of sp³-hybridized carbons (Fsp3) is 0. The molecule has 104 valence electrons. The fourth-order valence-corrected chi connectivity index (χ4v) is 2.43. The molecule has 5 heteroatoms. The van der Waals surface area contributed by atoms with Crippen LogP contribution in [0.25, 0.3) is 10.9 Å². The summed E-state index contributed by atoms with van der Waals surface area (Å²) in [6.07, 6.45) is 1.47. The highest BCUT2D eigenvalue weighted by Gasteiger charge is 2.14. The molecule has 0 bridgehead atoms. The molecule has 0 aliphatic heterocycles. The van der Waals surface area contributed by atoms with Crippen molar-refractivity contribution in [2.75, 3.05) is 5.32 Å². The SMILES string of the molecule is O=C(Cl)c1cnc2ccc(Cl)cc2c1Nc1ccccc1. The minimum absolute atomic E-state index is 0.315. The monoisotopic (exact) mass is 316 g/mol. The highest BCUT2D eigenvalue weighted by Crippen LogP contribution is 2.31. The summed E-state index contributed by atoms with van der Waals surface area (Å²) in [6, 6.07) is 14.8. The highest BCUT2D eigenvalue weighted by atomic mass is 35.5. The number of carbonyl (C=O) groups is 1. The van der Waals surface area contributed by atoms with Gasteiger partial charge in [0, 0.05) is 22.3 Å². The first-order chi connectivity index (χ1) is 10.1. The Kier molecular flexibility index (Phi) is 3.78. The number of hydrogen-bond acceptors (Lipinski definition) is 3. The number of benzene rings is 2. The first-order valence-electron chi connectivity index (χ1n) is 6.25. The zero-order chi connectivity index (χ0) is 14.8. The Morgan fingerprint density at radius 1 is 1.10 bits per heavy atom. The molecule has 3 aromatic rings. The lowest BCUT2D eigenvalue weighted by Gasteiger charge is -2.13. The number of fused-ring (bicyclic) bond motifs is 1. The van der Waals surface area contributed by atoms with Gasteiger partial charge in [-0.05, 0) is 41.9 Å². The Morgan fingerprint density at radius 2 is 1.86 bits per heavy atom. The molecule has 3 rings (SSSR count). The van der Waals surface area contributed by atoms with E-state index in [0.29, 0.717) is 16.3 Å². The lowest BCUT2D eigenvalue weighted by Crippen LogP contribution is -2.01. The number of rotatable bonds is 3. The second-order valence-corrected chi connectivity index (χ2v) is 5.25. The van der Waals surface area contributed by atoms with E-state index in [9.17, 15) is 4.79 Å². The van der Waals surface area contributed by atoms with E-state index < -0.39 is 5.24 Å². The van der Waals surface area contributed by atoms with Crippen LogP contribution in [0.3, 0.4) is 0 Å². The molecule has 21 heavy (non-hydrogen) atoms. The third kappa shape index (κ3) is 2.84. The van der Waals surface area contributed by atoms with Crippen molar-refractivity contribution >= 4 is 50.7 Å². The standard InChI is InChI=1S/C16H10Cl2N2O/c17-10-6-7-14-12(8-10)15(13(9-19-14)16(18)21)20-11-4-2-1-3-5-11/h1-9H,(H,19,20). The van der Waals surface area contributed by atoms with Gasteiger partial charge in [-0.25, -0.2) is 0 Å². The normalized spacial score (nSPS) is 10.6. The lowest BCUT2D eigenvalue weighted by molar-refractivity contribution is 0.108. The Bertz CT molecular complexity index is 819. The van der Waals surface area contributed by atoms with Crippen LogP contribution >= 0.6 is 23.2 Å². The molecule has 0 saturated carbocycles. The molecule has 1 heterocycles. The molecule has 0 unspecified atom stereocenters. The van der Waals surface area contributed by atoms with Crippen LogP contribution in [0.4, 0.5) is 11.4 Å². The quantitative estimate of drug-likeness (QED) is 0.690. The summed E-state index contributed by atoms with van der Waals surface area (Å²) < 4.78 is 0. The van der Waals surface area contributed by atoms with Crippen molar-refractivity contribution in [3.63, 3.8) is 0 Å². The maximum Gasteiger partial charge on any atom is 0.256 e. The van der Waals surface area contributed by atoms with E-state index >= 15 is 0 Å². The van der Waals surface area contributed by atoms with Crippen LogP contribution < -0.4 is 5.32 Å². The lowest BCUT2D eigenvalue weighted by atomic mass is 10.1. The minimum Gasteiger partial charge on any atom is -0.354 e. The molecule has 3 nitrogen and oxygen atoms in total. The second-order valence-electron chi connectivity index (χ2n) is 4.47. The Hall–Kier alpha value is -2.10. The second kappa shape index (κ2) is 5.72. The van der Waals surface area contributed by atoms with Gasteiger partial charge in [0.05, 0.1) is 16.8 Å². The Labute approximate surface area is 131 Å². The molecule has 1 aromatic heterocycles. The molecule has 0 fully saturated rings. The molecule has 0 spiro atoms. The fourth-order valence-electron chi connectivity index (χ4n) is 2.11. The smallest absolute Gasteiger partial charge is 0.256 e. The van der Waals surface area contributed by atoms with Crippen LogP contribution in [0.5, 0.6) is 0 Å². The summed E-state index contributed by atoms with van der Waals surface area (Å²) in [7, 11) is 0. The molecule has 1 N–H and O–H groups in total. The summed E-state index contributed by atoms with van der Waals surface area (Å²) in [5.41, 5.74) is 2.51. The molecule has 0 atom stereocenters. The maximum atomic E-state index is 11.6. The van der Waals surface area contributed by atoms with Gasteiger partial charge in [0.2, 0.25) is 0 Å². The van der Waals surface area contributed by atoms with Crippen LogP contribution in [0.15, 0.2) is 54.7 Å². The predicted molar refractivity (Wildman–Crippen MR) is 86.7 cm³/mol. The van der Waals surface area contributed by atoms with E-state index in [1.165, 1.54) is 6.20 Å². The van der Waals surface area contributed by atoms with Crippen molar-refractivity contribution in [3.05, 3.63) is 65.3 Å². The molecule has 0 amide bonds. The van der Waals surface area contributed by atoms with Crippen molar-refractivity contribution in [3.8, 4) is 0 Å². The van der Waals surface area contributed by atoms with Gasteiger partial charge in [-0.15, -0.1) is 0 Å². The van der Waals surface area contributed by atoms with Crippen LogP contribution in [-0.4, -0.2) is 10.2 Å². The molecular formula is C16H10Cl2N2O. The average molecular weight is 317 g/mol. The number of para-hydroxylation sites is 1. The summed E-state index contributed by atoms with van der Waals surface area (Å²) in [6.45, 7) is 0. The van der Waals surface area contributed by atoms with Crippen LogP contribution in [-0.2, 0) is 0 Å². The molecule has 0 saturated heterocycles. The summed E-state index contributed by atoms with van der Waals surface area (Å²) in [4.78, 5) is 15.9. The van der Waals surface area contributed by atoms with Gasteiger partial charge in [0.1, 0.15) is 0 Å². The van der Waals surface area contributed by atoms with Crippen molar-refractivity contribution in [1.82, 2.24) is 4.98 Å². The first-order valence-corrected chi connectivity index (χ1v) is 7.01. The summed E-state index contributed by atoms with van der Waals surface area (Å²) >= 11 is 11.7. The third-order valence-corrected chi connectivity index (χ3v) is 3.52. The largest absolute Gasteiger partial charge is 0.354 e. The Balaban J connectivity index is 2.23. The van der Waals surface area contributed by atoms with Gasteiger partial charge in [0.25, 0.3) is 5.24 Å². The molecule has 0 radical (unpaired) electrons. The van der Waals surface area contributed by atoms with Gasteiger partial charge >= 0.3 is 0 Å². The number of nitrogens with zero attached hydrogens (tertiary/aromatic N) is 1. The zero-order valence-corrected chi connectivity index (χ0v) is 12.3. The first kappa shape index (κ1) is 13.9. The van der Waals surface area contributed by atoms with Gasteiger partial charge in [-0.3, -0.25) is 9.78 Å². The van der Waals surface area contributed by atoms with Gasteiger partial charge in [-0.1, -0.05) is 29.8 Å². The van der Waals surface area contributed by atoms with Crippen LogP contribution in [0.1, 0.15) is 10.4 Å². The van der Waals surface area contributed by atoms with Crippen molar-refractivity contribution in [1.29, 1.82) is 0 Å². The number of halogens is 2. The van der Waals surface area contributed by atoms with E-state index in [0.717, 1.165) is 16.6 Å². The van der Waals surface area contributed by atoms with Crippen molar-refractivity contribution in [2.24, 2.45) is 0 Å². The number of pyridine rings is 1. The zero-order valence-electron chi connectivity index (χ0n) is 10.8. The number of carbonyl (C=O) groups excluding carboxylic acids is 1. The van der Waals surface area contributed by atoms with Crippen LogP contribution in [0.2, 0.25) is 5.02 Å². The highest BCUT2D eigenvalue weighted by molar-refractivity contribution is 6.68. The molecule has 0 aliphatic carbocycles. The van der Waals surface area contributed by atoms with E-state index in [-0.39, 0.29) is 0 Å². The van der Waals surface area contributed by atoms with Gasteiger partial charge in [0.15, 0.2) is 0 Å². The van der Waals surface area contributed by atoms with E-state index in [4.69, 9.17) is 23.2 Å². The van der Waals surface area contributed by atoms with E-state index in [2.05, 4.69) is 10.3 Å². The topological polar surface area (TPSA) is 42.0 Å². The number of anilines is 2. The summed E-state index contributed by atoms with van der Waals surface area (Å²) in [5, 5.41) is 3.97. The minimum atomic E-state index is -0.567. The maximum absolute atomic E-state index is 11.6. The average Bonchev–Trinajstić information content (AvgIpc) is 2.48. The van der Waals surface area contributed by atoms with Crippen molar-refractivity contribution < 1.29 is 4.79 Å². The number of hydrogen-bond donors (Lipinski definition) is 1.